The fourth-order valence-electron chi connectivity index (χ4n) is 8.29. The number of aliphatic carboxylic acids is 1. The molecule has 3 fully saturated rings. The maximum Gasteiger partial charge on any atom is 0.337 e. The van der Waals surface area contributed by atoms with Crippen molar-refractivity contribution in [1.82, 2.24) is 15.0 Å². The summed E-state index contributed by atoms with van der Waals surface area (Å²) in [6.45, 7) is 20.4. The predicted molar refractivity (Wildman–Crippen MR) is 197 cm³/mol. The van der Waals surface area contributed by atoms with Crippen LogP contribution in [0, 0.1) is 25.2 Å². The summed E-state index contributed by atoms with van der Waals surface area (Å²) in [5.74, 6) is 1.41. The molecular weight excluding hydrogens is 628 g/mol. The molecule has 0 radical (unpaired) electrons. The van der Waals surface area contributed by atoms with E-state index in [1.165, 1.54) is 11.1 Å². The van der Waals surface area contributed by atoms with E-state index in [0.29, 0.717) is 17.2 Å². The molecule has 0 spiro atoms. The summed E-state index contributed by atoms with van der Waals surface area (Å²) >= 11 is 0. The van der Waals surface area contributed by atoms with Crippen LogP contribution in [0.1, 0.15) is 94.5 Å². The zero-order valence-corrected chi connectivity index (χ0v) is 31.0. The summed E-state index contributed by atoms with van der Waals surface area (Å²) in [7, 11) is 0. The Kier molecular flexibility index (Phi) is 9.30. The third kappa shape index (κ3) is 7.19. The lowest BCUT2D eigenvalue weighted by Gasteiger charge is -2.41. The van der Waals surface area contributed by atoms with Gasteiger partial charge in [0.2, 0.25) is 5.95 Å². The fraction of sp³-hybridized carbons (Fsp3) is 0.600. The average molecular weight is 683 g/mol. The molecule has 0 aliphatic carbocycles. The van der Waals surface area contributed by atoms with Crippen molar-refractivity contribution in [2.75, 3.05) is 54.0 Å². The summed E-state index contributed by atoms with van der Waals surface area (Å²) < 4.78 is 12.3. The first-order valence-electron chi connectivity index (χ1n) is 18.5. The highest BCUT2D eigenvalue weighted by Gasteiger charge is 2.37. The van der Waals surface area contributed by atoms with Crippen molar-refractivity contribution in [1.29, 1.82) is 0 Å². The number of carboxylic acid groups (broad SMARTS) is 1. The number of rotatable bonds is 7. The van der Waals surface area contributed by atoms with E-state index in [1.807, 2.05) is 40.0 Å². The Morgan fingerprint density at radius 2 is 1.78 bits per heavy atom. The minimum atomic E-state index is -1.13. The first-order valence-corrected chi connectivity index (χ1v) is 18.5. The molecule has 1 N–H and O–H groups in total. The molecule has 50 heavy (non-hydrogen) atoms. The van der Waals surface area contributed by atoms with E-state index in [9.17, 15) is 9.90 Å². The maximum absolute atomic E-state index is 12.9. The maximum atomic E-state index is 12.9. The van der Waals surface area contributed by atoms with E-state index in [1.54, 1.807) is 0 Å². The molecular formula is C40H54N6O4. The lowest BCUT2D eigenvalue weighted by atomic mass is 9.81. The number of anilines is 3. The van der Waals surface area contributed by atoms with Gasteiger partial charge < -0.3 is 29.3 Å². The number of aryl methyl sites for hydroxylation is 2. The number of hydrogen-bond acceptors (Lipinski definition) is 9. The number of carboxylic acids is 1. The minimum absolute atomic E-state index is 0.241. The van der Waals surface area contributed by atoms with Crippen LogP contribution in [-0.4, -0.2) is 77.1 Å². The summed E-state index contributed by atoms with van der Waals surface area (Å²) in [5, 5.41) is 10.6. The molecule has 10 heteroatoms. The Morgan fingerprint density at radius 3 is 2.52 bits per heavy atom. The number of aromatic nitrogens is 3. The van der Waals surface area contributed by atoms with Crippen molar-refractivity contribution in [3.63, 3.8) is 0 Å². The SMILES string of the molecule is Cc1nc(C)c([C@H](OC(C)(C)C)C(=O)O)c(N2CCC(C)(C)CC2)c1-c1ccc2c(c1)CCN(c1ccnc(N3CCC4COC(C4)C3)n1)C2. The van der Waals surface area contributed by atoms with Gasteiger partial charge >= 0.3 is 5.97 Å². The number of piperidine rings is 1. The number of ether oxygens (including phenoxy) is 2. The molecule has 268 valence electrons. The molecule has 10 nitrogen and oxygen atoms in total. The topological polar surface area (TPSA) is 104 Å². The van der Waals surface area contributed by atoms with Gasteiger partial charge in [0.05, 0.1) is 24.0 Å². The normalized spacial score (nSPS) is 22.7. The second-order valence-electron chi connectivity index (χ2n) is 16.7. The molecule has 3 atom stereocenters. The van der Waals surface area contributed by atoms with Gasteiger partial charge in [-0.2, -0.15) is 4.98 Å². The van der Waals surface area contributed by atoms with Crippen molar-refractivity contribution in [3.8, 4) is 11.1 Å². The second kappa shape index (κ2) is 13.4. The second-order valence-corrected chi connectivity index (χ2v) is 16.7. The zero-order valence-electron chi connectivity index (χ0n) is 31.0. The quantitative estimate of drug-likeness (QED) is 0.283. The molecule has 2 aromatic heterocycles. The number of pyridine rings is 1. The number of carbonyl (C=O) groups is 1. The standard InChI is InChI=1S/C40H54N6O4/c1-25-33(35(44-18-13-40(6,7)14-19-44)34(26(2)42-25)36(37(47)48)50-39(3,4)5)29-8-9-30-22-45(17-12-28(30)21-29)32-10-15-41-38(43-32)46-16-11-27-20-31(23-46)49-24-27/h8-10,15,21,27,31,36H,11-14,16-20,22-24H2,1-7H3,(H,47,48)/t27?,31?,36-/m0/s1. The van der Waals surface area contributed by atoms with Gasteiger partial charge in [0.25, 0.3) is 0 Å². The van der Waals surface area contributed by atoms with Crippen LogP contribution in [0.2, 0.25) is 0 Å². The van der Waals surface area contributed by atoms with Crippen molar-refractivity contribution in [2.45, 2.75) is 105 Å². The number of hydrogen-bond donors (Lipinski definition) is 1. The average Bonchev–Trinajstić information content (AvgIpc) is 3.40. The highest BCUT2D eigenvalue weighted by Crippen LogP contribution is 2.45. The smallest absolute Gasteiger partial charge is 0.337 e. The molecule has 3 aromatic rings. The molecule has 7 rings (SSSR count). The van der Waals surface area contributed by atoms with E-state index in [4.69, 9.17) is 19.4 Å². The molecule has 2 unspecified atom stereocenters. The summed E-state index contributed by atoms with van der Waals surface area (Å²) in [4.78, 5) is 34.7. The van der Waals surface area contributed by atoms with Crippen LogP contribution in [0.3, 0.4) is 0 Å². The number of nitrogens with zero attached hydrogens (tertiary/aromatic N) is 6. The number of fused-ring (bicyclic) bond motifs is 3. The van der Waals surface area contributed by atoms with Gasteiger partial charge in [-0.3, -0.25) is 4.98 Å². The summed E-state index contributed by atoms with van der Waals surface area (Å²) in [6, 6.07) is 8.77. The lowest BCUT2D eigenvalue weighted by Crippen LogP contribution is -2.39. The molecule has 2 bridgehead atoms. The van der Waals surface area contributed by atoms with Crippen LogP contribution in [0.15, 0.2) is 30.5 Å². The molecule has 4 aliphatic rings. The van der Waals surface area contributed by atoms with E-state index in [2.05, 4.69) is 58.7 Å². The van der Waals surface area contributed by atoms with Crippen molar-refractivity contribution in [3.05, 3.63) is 58.5 Å². The Balaban J connectivity index is 1.21. The Hall–Kier alpha value is -3.76. The number of benzene rings is 1. The largest absolute Gasteiger partial charge is 0.479 e. The lowest BCUT2D eigenvalue weighted by molar-refractivity contribution is -0.160. The van der Waals surface area contributed by atoms with Gasteiger partial charge in [-0.25, -0.2) is 9.78 Å². The third-order valence-corrected chi connectivity index (χ3v) is 11.1. The van der Waals surface area contributed by atoms with Crippen molar-refractivity contribution >= 4 is 23.4 Å². The van der Waals surface area contributed by atoms with Gasteiger partial charge in [-0.1, -0.05) is 32.0 Å². The molecule has 3 saturated heterocycles. The highest BCUT2D eigenvalue weighted by molar-refractivity contribution is 5.88. The van der Waals surface area contributed by atoms with E-state index < -0.39 is 17.7 Å². The zero-order chi connectivity index (χ0) is 35.4. The van der Waals surface area contributed by atoms with Gasteiger partial charge in [0, 0.05) is 68.0 Å². The van der Waals surface area contributed by atoms with Crippen LogP contribution in [0.4, 0.5) is 17.5 Å². The third-order valence-electron chi connectivity index (χ3n) is 11.1. The van der Waals surface area contributed by atoms with Crippen LogP contribution < -0.4 is 14.7 Å². The Morgan fingerprint density at radius 1 is 1.00 bits per heavy atom. The van der Waals surface area contributed by atoms with Crippen LogP contribution >= 0.6 is 0 Å². The van der Waals surface area contributed by atoms with Gasteiger partial charge in [-0.05, 0) is 101 Å². The molecule has 4 aliphatic heterocycles. The monoisotopic (exact) mass is 682 g/mol. The van der Waals surface area contributed by atoms with E-state index in [0.717, 1.165) is 112 Å². The fourth-order valence-corrected chi connectivity index (χ4v) is 8.29. The summed E-state index contributed by atoms with van der Waals surface area (Å²) in [6.07, 6.45) is 6.24. The van der Waals surface area contributed by atoms with Crippen molar-refractivity contribution < 1.29 is 19.4 Å². The Labute approximate surface area is 297 Å². The van der Waals surface area contributed by atoms with Crippen molar-refractivity contribution in [2.24, 2.45) is 11.3 Å². The molecule has 6 heterocycles. The Bertz CT molecular complexity index is 1740. The van der Waals surface area contributed by atoms with Gasteiger partial charge in [0.15, 0.2) is 6.10 Å². The molecule has 0 saturated carbocycles. The van der Waals surface area contributed by atoms with E-state index >= 15 is 0 Å². The molecule has 0 amide bonds. The van der Waals surface area contributed by atoms with Gasteiger partial charge in [0.1, 0.15) is 5.82 Å². The van der Waals surface area contributed by atoms with Gasteiger partial charge in [-0.15, -0.1) is 0 Å². The minimum Gasteiger partial charge on any atom is -0.479 e. The highest BCUT2D eigenvalue weighted by atomic mass is 16.5. The first-order chi connectivity index (χ1) is 23.7. The van der Waals surface area contributed by atoms with Crippen LogP contribution in [0.25, 0.3) is 11.1 Å². The summed E-state index contributed by atoms with van der Waals surface area (Å²) in [5.41, 5.74) is 7.50. The van der Waals surface area contributed by atoms with E-state index in [-0.39, 0.29) is 11.5 Å². The van der Waals surface area contributed by atoms with Crippen LogP contribution in [0.5, 0.6) is 0 Å². The molecule has 1 aromatic carbocycles. The van der Waals surface area contributed by atoms with Crippen LogP contribution in [-0.2, 0) is 27.2 Å². The predicted octanol–water partition coefficient (Wildman–Crippen LogP) is 6.90. The first kappa shape index (κ1) is 34.7.